The predicted molar refractivity (Wildman–Crippen MR) is 66.1 cm³/mol. The molecule has 1 atom stereocenters. The smallest absolute Gasteiger partial charge is 0.124 e. The summed E-state index contributed by atoms with van der Waals surface area (Å²) in [6.07, 6.45) is 4.11. The highest BCUT2D eigenvalue weighted by molar-refractivity contribution is 5.23. The summed E-state index contributed by atoms with van der Waals surface area (Å²) in [5.74, 6) is 0.892. The molecule has 1 aromatic heterocycles. The fourth-order valence-electron chi connectivity index (χ4n) is 1.82. The lowest BCUT2D eigenvalue weighted by atomic mass is 10.3. The SMILES string of the molecule is CCCNCc1cc(OC2CCOC2)ccn1. The third kappa shape index (κ3) is 3.98. The Morgan fingerprint density at radius 2 is 2.53 bits per heavy atom. The van der Waals surface area contributed by atoms with Crippen LogP contribution in [-0.4, -0.2) is 30.8 Å². The van der Waals surface area contributed by atoms with E-state index >= 15 is 0 Å². The lowest BCUT2D eigenvalue weighted by Crippen LogP contribution is -2.17. The summed E-state index contributed by atoms with van der Waals surface area (Å²) in [4.78, 5) is 4.31. The van der Waals surface area contributed by atoms with Gasteiger partial charge in [-0.1, -0.05) is 6.92 Å². The van der Waals surface area contributed by atoms with Crippen LogP contribution in [0.25, 0.3) is 0 Å². The molecule has 0 radical (unpaired) electrons. The van der Waals surface area contributed by atoms with Crippen molar-refractivity contribution in [3.8, 4) is 5.75 Å². The van der Waals surface area contributed by atoms with Crippen molar-refractivity contribution in [1.29, 1.82) is 0 Å². The summed E-state index contributed by atoms with van der Waals surface area (Å²) in [5.41, 5.74) is 1.02. The van der Waals surface area contributed by atoms with Crippen molar-refractivity contribution in [3.05, 3.63) is 24.0 Å². The van der Waals surface area contributed by atoms with Gasteiger partial charge in [-0.25, -0.2) is 0 Å². The van der Waals surface area contributed by atoms with Gasteiger partial charge in [-0.3, -0.25) is 4.98 Å². The average molecular weight is 236 g/mol. The molecule has 1 fully saturated rings. The number of nitrogens with zero attached hydrogens (tertiary/aromatic N) is 1. The maximum absolute atomic E-state index is 5.83. The molecule has 4 nitrogen and oxygen atoms in total. The summed E-state index contributed by atoms with van der Waals surface area (Å²) in [7, 11) is 0. The van der Waals surface area contributed by atoms with Crippen molar-refractivity contribution in [2.24, 2.45) is 0 Å². The zero-order valence-electron chi connectivity index (χ0n) is 10.3. The minimum atomic E-state index is 0.203. The summed E-state index contributed by atoms with van der Waals surface area (Å²) >= 11 is 0. The Morgan fingerprint density at radius 1 is 1.59 bits per heavy atom. The second-order valence-corrected chi connectivity index (χ2v) is 4.26. The standard InChI is InChI=1S/C13H20N2O2/c1-2-5-14-9-11-8-12(3-6-15-11)17-13-4-7-16-10-13/h3,6,8,13-14H,2,4-5,7,9-10H2,1H3. The topological polar surface area (TPSA) is 43.4 Å². The molecule has 0 bridgehead atoms. The first kappa shape index (κ1) is 12.3. The molecule has 4 heteroatoms. The van der Waals surface area contributed by atoms with Crippen LogP contribution in [0.1, 0.15) is 25.5 Å². The summed E-state index contributed by atoms with van der Waals surface area (Å²) in [5, 5.41) is 3.33. The van der Waals surface area contributed by atoms with Crippen LogP contribution in [0.3, 0.4) is 0 Å². The minimum Gasteiger partial charge on any atom is -0.488 e. The van der Waals surface area contributed by atoms with Crippen LogP contribution in [-0.2, 0) is 11.3 Å². The molecular weight excluding hydrogens is 216 g/mol. The van der Waals surface area contributed by atoms with Crippen molar-refractivity contribution in [2.75, 3.05) is 19.8 Å². The molecule has 2 heterocycles. The number of ether oxygens (including phenoxy) is 2. The fourth-order valence-corrected chi connectivity index (χ4v) is 1.82. The molecule has 0 saturated carbocycles. The largest absolute Gasteiger partial charge is 0.488 e. The zero-order chi connectivity index (χ0) is 11.9. The monoisotopic (exact) mass is 236 g/mol. The molecule has 94 valence electrons. The van der Waals surface area contributed by atoms with E-state index in [1.807, 2.05) is 12.1 Å². The highest BCUT2D eigenvalue weighted by Gasteiger charge is 2.17. The Hall–Kier alpha value is -1.13. The number of aromatic nitrogens is 1. The van der Waals surface area contributed by atoms with Gasteiger partial charge >= 0.3 is 0 Å². The van der Waals surface area contributed by atoms with Crippen molar-refractivity contribution in [3.63, 3.8) is 0 Å². The van der Waals surface area contributed by atoms with Crippen LogP contribution in [0, 0.1) is 0 Å². The Kier molecular flexibility index (Phi) is 4.76. The summed E-state index contributed by atoms with van der Waals surface area (Å²) < 4.78 is 11.1. The van der Waals surface area contributed by atoms with Crippen LogP contribution < -0.4 is 10.1 Å². The van der Waals surface area contributed by atoms with Crippen LogP contribution in [0.15, 0.2) is 18.3 Å². The van der Waals surface area contributed by atoms with Gasteiger partial charge in [0.15, 0.2) is 0 Å². The lowest BCUT2D eigenvalue weighted by molar-refractivity contribution is 0.141. The van der Waals surface area contributed by atoms with Gasteiger partial charge in [0.05, 0.1) is 18.9 Å². The van der Waals surface area contributed by atoms with E-state index in [-0.39, 0.29) is 6.10 Å². The van der Waals surface area contributed by atoms with Gasteiger partial charge in [0, 0.05) is 25.2 Å². The second kappa shape index (κ2) is 6.57. The van der Waals surface area contributed by atoms with Gasteiger partial charge in [0.25, 0.3) is 0 Å². The van der Waals surface area contributed by atoms with Crippen molar-refractivity contribution < 1.29 is 9.47 Å². The Labute approximate surface area is 102 Å². The molecule has 0 spiro atoms. The van der Waals surface area contributed by atoms with E-state index < -0.39 is 0 Å². The van der Waals surface area contributed by atoms with Gasteiger partial charge in [0.2, 0.25) is 0 Å². The van der Waals surface area contributed by atoms with Crippen molar-refractivity contribution in [2.45, 2.75) is 32.4 Å². The van der Waals surface area contributed by atoms with Gasteiger partial charge in [-0.05, 0) is 19.0 Å². The van der Waals surface area contributed by atoms with E-state index in [0.717, 1.165) is 44.0 Å². The number of hydrogen-bond acceptors (Lipinski definition) is 4. The molecule has 2 rings (SSSR count). The van der Waals surface area contributed by atoms with E-state index in [0.29, 0.717) is 6.61 Å². The Bertz CT molecular complexity index is 338. The molecule has 1 aliphatic rings. The van der Waals surface area contributed by atoms with E-state index in [1.165, 1.54) is 0 Å². The lowest BCUT2D eigenvalue weighted by Gasteiger charge is -2.12. The van der Waals surface area contributed by atoms with E-state index in [4.69, 9.17) is 9.47 Å². The number of rotatable bonds is 6. The van der Waals surface area contributed by atoms with Crippen LogP contribution in [0.5, 0.6) is 5.75 Å². The summed E-state index contributed by atoms with van der Waals surface area (Å²) in [6.45, 7) is 5.47. The highest BCUT2D eigenvalue weighted by Crippen LogP contribution is 2.16. The first-order valence-electron chi connectivity index (χ1n) is 6.28. The molecular formula is C13H20N2O2. The molecule has 1 unspecified atom stereocenters. The maximum Gasteiger partial charge on any atom is 0.124 e. The highest BCUT2D eigenvalue weighted by atomic mass is 16.5. The van der Waals surface area contributed by atoms with Crippen LogP contribution in [0.4, 0.5) is 0 Å². The Morgan fingerprint density at radius 3 is 3.29 bits per heavy atom. The maximum atomic E-state index is 5.83. The predicted octanol–water partition coefficient (Wildman–Crippen LogP) is 1.75. The van der Waals surface area contributed by atoms with Gasteiger partial charge in [-0.15, -0.1) is 0 Å². The minimum absolute atomic E-state index is 0.203. The van der Waals surface area contributed by atoms with Crippen molar-refractivity contribution >= 4 is 0 Å². The molecule has 1 saturated heterocycles. The third-order valence-electron chi connectivity index (χ3n) is 2.71. The first-order chi connectivity index (χ1) is 8.38. The van der Waals surface area contributed by atoms with E-state index in [1.54, 1.807) is 6.20 Å². The molecule has 0 amide bonds. The normalized spacial score (nSPS) is 19.5. The fraction of sp³-hybridized carbons (Fsp3) is 0.615. The van der Waals surface area contributed by atoms with Crippen LogP contribution in [0.2, 0.25) is 0 Å². The molecule has 0 aliphatic carbocycles. The molecule has 0 aromatic carbocycles. The third-order valence-corrected chi connectivity index (χ3v) is 2.71. The second-order valence-electron chi connectivity index (χ2n) is 4.26. The molecule has 1 aromatic rings. The van der Waals surface area contributed by atoms with Crippen LogP contribution >= 0.6 is 0 Å². The zero-order valence-corrected chi connectivity index (χ0v) is 10.3. The summed E-state index contributed by atoms with van der Waals surface area (Å²) in [6, 6.07) is 3.91. The van der Waals surface area contributed by atoms with Gasteiger partial charge in [-0.2, -0.15) is 0 Å². The average Bonchev–Trinajstić information content (AvgIpc) is 2.83. The van der Waals surface area contributed by atoms with E-state index in [2.05, 4.69) is 17.2 Å². The van der Waals surface area contributed by atoms with Gasteiger partial charge < -0.3 is 14.8 Å². The molecule has 1 aliphatic heterocycles. The van der Waals surface area contributed by atoms with Gasteiger partial charge in [0.1, 0.15) is 11.9 Å². The van der Waals surface area contributed by atoms with E-state index in [9.17, 15) is 0 Å². The number of nitrogens with one attached hydrogen (secondary N) is 1. The number of pyridine rings is 1. The first-order valence-corrected chi connectivity index (χ1v) is 6.28. The molecule has 17 heavy (non-hydrogen) atoms. The van der Waals surface area contributed by atoms with Crippen molar-refractivity contribution in [1.82, 2.24) is 10.3 Å². The number of hydrogen-bond donors (Lipinski definition) is 1. The molecule has 1 N–H and O–H groups in total. The quantitative estimate of drug-likeness (QED) is 0.764. The Balaban J connectivity index is 1.86.